The molecule has 1 unspecified atom stereocenters. The fourth-order valence-electron chi connectivity index (χ4n) is 2.34. The molecule has 2 aromatic carbocycles. The normalized spacial score (nSPS) is 11.7. The Morgan fingerprint density at radius 3 is 2.27 bits per heavy atom. The van der Waals surface area contributed by atoms with Gasteiger partial charge >= 0.3 is 6.09 Å². The Kier molecular flexibility index (Phi) is 8.89. The number of nitrogens with one attached hydrogen (secondary N) is 1. The van der Waals surface area contributed by atoms with Crippen LogP contribution in [0.5, 0.6) is 5.75 Å². The number of thiazole rings is 1. The fourth-order valence-corrected chi connectivity index (χ4v) is 3.91. The molecular weight excluding hydrogens is 461 g/mol. The maximum Gasteiger partial charge on any atom is 0.417 e. The molecule has 1 amide bonds. The van der Waals surface area contributed by atoms with Crippen molar-refractivity contribution in [3.63, 3.8) is 0 Å². The van der Waals surface area contributed by atoms with Crippen LogP contribution in [0, 0.1) is 15.5 Å². The smallest absolute Gasteiger partial charge is 0.410 e. The molecule has 3 rings (SSSR count). The number of nitro groups is 1. The van der Waals surface area contributed by atoms with Crippen LogP contribution >= 0.6 is 11.3 Å². The summed E-state index contributed by atoms with van der Waals surface area (Å²) in [5, 5.41) is 13.2. The van der Waals surface area contributed by atoms with Crippen molar-refractivity contribution in [2.75, 3.05) is 11.6 Å². The van der Waals surface area contributed by atoms with Gasteiger partial charge in [0.25, 0.3) is 5.69 Å². The highest BCUT2D eigenvalue weighted by Crippen LogP contribution is 2.30. The third-order valence-corrected chi connectivity index (χ3v) is 5.40. The lowest BCUT2D eigenvalue weighted by Crippen LogP contribution is -2.16. The summed E-state index contributed by atoms with van der Waals surface area (Å²) in [6.45, 7) is 8.75. The molecular formula is C22H24BN3O5S2. The monoisotopic (exact) mass is 485 g/mol. The van der Waals surface area contributed by atoms with Crippen LogP contribution in [0.2, 0.25) is 0 Å². The lowest BCUT2D eigenvalue weighted by Gasteiger charge is -2.10. The van der Waals surface area contributed by atoms with Gasteiger partial charge in [-0.25, -0.2) is 4.79 Å². The Labute approximate surface area is 200 Å². The fraction of sp³-hybridized carbons (Fsp3) is 0.273. The minimum absolute atomic E-state index is 0.109. The molecule has 0 bridgehead atoms. The third-order valence-electron chi connectivity index (χ3n) is 3.58. The molecule has 0 fully saturated rings. The maximum absolute atomic E-state index is 12.1. The van der Waals surface area contributed by atoms with Crippen LogP contribution in [0.25, 0.3) is 10.4 Å². The number of anilines is 1. The zero-order valence-electron chi connectivity index (χ0n) is 18.9. The molecule has 172 valence electrons. The molecule has 3 aromatic rings. The van der Waals surface area contributed by atoms with Gasteiger partial charge in [0, 0.05) is 45.6 Å². The molecule has 1 aromatic heterocycles. The summed E-state index contributed by atoms with van der Waals surface area (Å²) in [5.74, 6) is 0.152. The summed E-state index contributed by atoms with van der Waals surface area (Å²) < 4.78 is 17.2. The van der Waals surface area contributed by atoms with Gasteiger partial charge < -0.3 is 4.74 Å². The highest BCUT2D eigenvalue weighted by atomic mass is 32.2. The van der Waals surface area contributed by atoms with Gasteiger partial charge in [-0.15, -0.1) is 11.3 Å². The van der Waals surface area contributed by atoms with Crippen molar-refractivity contribution in [1.82, 2.24) is 4.98 Å². The van der Waals surface area contributed by atoms with Gasteiger partial charge in [0.2, 0.25) is 0 Å². The van der Waals surface area contributed by atoms with Crippen LogP contribution < -0.4 is 15.0 Å². The second-order valence-corrected chi connectivity index (χ2v) is 10.9. The first kappa shape index (κ1) is 26.2. The quantitative estimate of drug-likeness (QED) is 0.312. The predicted molar refractivity (Wildman–Crippen MR) is 133 cm³/mol. The van der Waals surface area contributed by atoms with Crippen molar-refractivity contribution in [3.05, 3.63) is 58.8 Å². The second kappa shape index (κ2) is 11.2. The standard InChI is InChI=1S/C17H12BN3O5S2.C5H12/c1-28(25)15-8-10(2-7-13(15)14-9-19-16(18)27-14)20-17(22)26-12-5-3-11(4-6-12)21(23)24;1-5(2,3)4/h2-9H,1H3,(H,20,22);1-4H3. The van der Waals surface area contributed by atoms with E-state index in [0.717, 1.165) is 4.88 Å². The van der Waals surface area contributed by atoms with E-state index >= 15 is 0 Å². The topological polar surface area (TPSA) is 111 Å². The molecule has 0 saturated heterocycles. The van der Waals surface area contributed by atoms with Crippen molar-refractivity contribution in [2.24, 2.45) is 5.41 Å². The summed E-state index contributed by atoms with van der Waals surface area (Å²) in [5.41, 5.74) is 1.49. The van der Waals surface area contributed by atoms with E-state index in [2.05, 4.69) is 38.0 Å². The van der Waals surface area contributed by atoms with E-state index in [1.54, 1.807) is 24.4 Å². The van der Waals surface area contributed by atoms with Crippen molar-refractivity contribution in [1.29, 1.82) is 0 Å². The first-order chi connectivity index (χ1) is 15.3. The minimum atomic E-state index is -1.32. The maximum atomic E-state index is 12.1. The molecule has 0 saturated carbocycles. The number of nitro benzene ring substituents is 1. The number of carbonyl (C=O) groups is 1. The summed E-state index contributed by atoms with van der Waals surface area (Å²) in [4.78, 5) is 27.8. The number of ether oxygens (including phenoxy) is 1. The zero-order valence-corrected chi connectivity index (χ0v) is 20.6. The number of benzene rings is 2. The third kappa shape index (κ3) is 8.78. The van der Waals surface area contributed by atoms with Crippen LogP contribution in [0.15, 0.2) is 53.6 Å². The first-order valence-corrected chi connectivity index (χ1v) is 12.1. The van der Waals surface area contributed by atoms with Crippen molar-refractivity contribution in [3.8, 4) is 16.2 Å². The number of amides is 1. The SMILES string of the molecule is CC(C)(C)C.[B]c1ncc(-c2ccc(NC(=O)Oc3ccc([N+](=O)[O-])cc3)cc2S(C)=O)s1. The van der Waals surface area contributed by atoms with E-state index in [4.69, 9.17) is 12.6 Å². The van der Waals surface area contributed by atoms with Gasteiger partial charge in [0.15, 0.2) is 7.85 Å². The van der Waals surface area contributed by atoms with Gasteiger partial charge in [0.05, 0.1) is 20.6 Å². The highest BCUT2D eigenvalue weighted by molar-refractivity contribution is 7.84. The second-order valence-electron chi connectivity index (χ2n) is 8.49. The van der Waals surface area contributed by atoms with E-state index in [9.17, 15) is 19.1 Å². The number of nitrogens with zero attached hydrogens (tertiary/aromatic N) is 2. The number of non-ortho nitro benzene ring substituents is 1. The Bertz CT molecular complexity index is 1150. The lowest BCUT2D eigenvalue weighted by atomic mass is 10.0. The van der Waals surface area contributed by atoms with E-state index in [-0.39, 0.29) is 11.4 Å². The molecule has 0 aliphatic heterocycles. The van der Waals surface area contributed by atoms with Gasteiger partial charge in [-0.05, 0) is 29.7 Å². The molecule has 33 heavy (non-hydrogen) atoms. The number of aromatic nitrogens is 1. The zero-order chi connectivity index (χ0) is 24.8. The van der Waals surface area contributed by atoms with Crippen LogP contribution in [0.4, 0.5) is 16.2 Å². The van der Waals surface area contributed by atoms with Crippen LogP contribution in [0.3, 0.4) is 0 Å². The Morgan fingerprint density at radius 1 is 1.18 bits per heavy atom. The number of rotatable bonds is 5. The molecule has 8 nitrogen and oxygen atoms in total. The van der Waals surface area contributed by atoms with E-state index in [0.29, 0.717) is 26.5 Å². The molecule has 0 aliphatic carbocycles. The molecule has 1 heterocycles. The number of hydrogen-bond donors (Lipinski definition) is 1. The summed E-state index contributed by atoms with van der Waals surface area (Å²) in [6, 6.07) is 10.0. The predicted octanol–water partition coefficient (Wildman–Crippen LogP) is 4.91. The Morgan fingerprint density at radius 2 is 1.79 bits per heavy atom. The van der Waals surface area contributed by atoms with Crippen LogP contribution in [-0.2, 0) is 10.8 Å². The van der Waals surface area contributed by atoms with Crippen LogP contribution in [-0.4, -0.2) is 34.3 Å². The number of carbonyl (C=O) groups excluding carboxylic acids is 1. The van der Waals surface area contributed by atoms with E-state index in [1.807, 2.05) is 0 Å². The Balaban J connectivity index is 0.000000696. The summed E-state index contributed by atoms with van der Waals surface area (Å²) in [7, 11) is 4.34. The van der Waals surface area contributed by atoms with E-state index < -0.39 is 21.8 Å². The molecule has 2 radical (unpaired) electrons. The molecule has 1 N–H and O–H groups in total. The molecule has 0 aliphatic rings. The van der Waals surface area contributed by atoms with Crippen molar-refractivity contribution < 1.29 is 18.7 Å². The van der Waals surface area contributed by atoms with Gasteiger partial charge in [-0.3, -0.25) is 24.6 Å². The van der Waals surface area contributed by atoms with Gasteiger partial charge in [-0.2, -0.15) is 0 Å². The first-order valence-electron chi connectivity index (χ1n) is 9.76. The van der Waals surface area contributed by atoms with Crippen LogP contribution in [0.1, 0.15) is 27.7 Å². The largest absolute Gasteiger partial charge is 0.417 e. The van der Waals surface area contributed by atoms with Gasteiger partial charge in [-0.1, -0.05) is 33.8 Å². The molecule has 0 spiro atoms. The van der Waals surface area contributed by atoms with Gasteiger partial charge in [0.1, 0.15) is 5.75 Å². The van der Waals surface area contributed by atoms with E-state index in [1.165, 1.54) is 41.9 Å². The Hall–Kier alpha value is -3.05. The van der Waals surface area contributed by atoms with Crippen molar-refractivity contribution in [2.45, 2.75) is 32.6 Å². The summed E-state index contributed by atoms with van der Waals surface area (Å²) in [6.07, 6.45) is 2.35. The lowest BCUT2D eigenvalue weighted by molar-refractivity contribution is -0.384. The average molecular weight is 485 g/mol. The summed E-state index contributed by atoms with van der Waals surface area (Å²) >= 11 is 1.27. The highest BCUT2D eigenvalue weighted by Gasteiger charge is 2.14. The minimum Gasteiger partial charge on any atom is -0.410 e. The molecule has 1 atom stereocenters. The molecule has 11 heteroatoms. The average Bonchev–Trinajstić information content (AvgIpc) is 3.13. The van der Waals surface area contributed by atoms with Crippen molar-refractivity contribution >= 4 is 52.4 Å². The number of hydrogen-bond acceptors (Lipinski definition) is 7.